The van der Waals surface area contributed by atoms with E-state index >= 15 is 0 Å². The topological polar surface area (TPSA) is 9.23 Å². The van der Waals surface area contributed by atoms with E-state index in [1.165, 1.54) is 28.9 Å². The lowest BCUT2D eigenvalue weighted by Crippen LogP contribution is -2.28. The van der Waals surface area contributed by atoms with Crippen molar-refractivity contribution in [3.8, 4) is 5.75 Å². The average Bonchev–Trinajstić information content (AvgIpc) is 2.17. The number of rotatable bonds is 2. The highest BCUT2D eigenvalue weighted by Crippen LogP contribution is 2.50. The molecule has 0 radical (unpaired) electrons. The van der Waals surface area contributed by atoms with Crippen LogP contribution in [0.1, 0.15) is 30.0 Å². The molecular formula is C13H18OS. The third kappa shape index (κ3) is 1.76. The molecule has 0 saturated carbocycles. The number of hydrogen-bond acceptors (Lipinski definition) is 2. The summed E-state index contributed by atoms with van der Waals surface area (Å²) in [6, 6.07) is 4.45. The van der Waals surface area contributed by atoms with Crippen molar-refractivity contribution in [2.75, 3.05) is 12.9 Å². The predicted molar refractivity (Wildman–Crippen MR) is 66.9 cm³/mol. The zero-order chi connectivity index (χ0) is 11.1. The summed E-state index contributed by atoms with van der Waals surface area (Å²) in [5, 5.41) is 0. The summed E-state index contributed by atoms with van der Waals surface area (Å²) < 4.78 is 5.69. The van der Waals surface area contributed by atoms with Crippen LogP contribution in [0, 0.1) is 13.8 Å². The van der Waals surface area contributed by atoms with Crippen LogP contribution in [0.4, 0.5) is 0 Å². The van der Waals surface area contributed by atoms with Gasteiger partial charge in [-0.05, 0) is 55.7 Å². The standard InChI is InChI=1S/C13H18OS/c1-9-8-12(14-4)10(2)7-11(9)13(3)5-6-15-13/h7-8H,5-6H2,1-4H3. The molecular weight excluding hydrogens is 204 g/mol. The lowest BCUT2D eigenvalue weighted by molar-refractivity contribution is 0.411. The van der Waals surface area contributed by atoms with Crippen molar-refractivity contribution in [3.05, 3.63) is 28.8 Å². The van der Waals surface area contributed by atoms with Crippen LogP contribution >= 0.6 is 11.8 Å². The first-order valence-electron chi connectivity index (χ1n) is 5.36. The second-order valence-corrected chi connectivity index (χ2v) is 6.06. The second kappa shape index (κ2) is 3.75. The minimum Gasteiger partial charge on any atom is -0.496 e. The molecule has 1 heterocycles. The van der Waals surface area contributed by atoms with Gasteiger partial charge in [0.1, 0.15) is 5.75 Å². The third-order valence-corrected chi connectivity index (χ3v) is 4.78. The molecule has 0 aliphatic carbocycles. The van der Waals surface area contributed by atoms with Gasteiger partial charge in [0, 0.05) is 4.75 Å². The summed E-state index contributed by atoms with van der Waals surface area (Å²) >= 11 is 2.06. The lowest BCUT2D eigenvalue weighted by Gasteiger charge is -2.39. The largest absolute Gasteiger partial charge is 0.496 e. The molecule has 1 aromatic rings. The Morgan fingerprint density at radius 2 is 1.93 bits per heavy atom. The SMILES string of the molecule is COc1cc(C)c(C2(C)CCS2)cc1C. The fourth-order valence-corrected chi connectivity index (χ4v) is 3.39. The zero-order valence-electron chi connectivity index (χ0n) is 9.89. The summed E-state index contributed by atoms with van der Waals surface area (Å²) in [6.07, 6.45) is 1.30. The van der Waals surface area contributed by atoms with Crippen molar-refractivity contribution in [2.45, 2.75) is 31.9 Å². The molecule has 0 aromatic heterocycles. The maximum atomic E-state index is 5.34. The zero-order valence-corrected chi connectivity index (χ0v) is 10.7. The normalized spacial score (nSPS) is 24.8. The maximum Gasteiger partial charge on any atom is 0.122 e. The van der Waals surface area contributed by atoms with Gasteiger partial charge in [0.25, 0.3) is 0 Å². The van der Waals surface area contributed by atoms with Gasteiger partial charge in [0.05, 0.1) is 7.11 Å². The Labute approximate surface area is 96.2 Å². The van der Waals surface area contributed by atoms with Crippen LogP contribution in [-0.2, 0) is 4.75 Å². The highest BCUT2D eigenvalue weighted by atomic mass is 32.2. The quantitative estimate of drug-likeness (QED) is 0.755. The van der Waals surface area contributed by atoms with Gasteiger partial charge in [-0.15, -0.1) is 0 Å². The predicted octanol–water partition coefficient (Wildman–Crippen LogP) is 3.66. The van der Waals surface area contributed by atoms with Crippen LogP contribution < -0.4 is 4.74 Å². The third-order valence-electron chi connectivity index (χ3n) is 3.31. The Bertz CT molecular complexity index is 380. The molecule has 15 heavy (non-hydrogen) atoms. The van der Waals surface area contributed by atoms with Crippen LogP contribution in [0.3, 0.4) is 0 Å². The van der Waals surface area contributed by atoms with Gasteiger partial charge in [-0.1, -0.05) is 6.07 Å². The van der Waals surface area contributed by atoms with E-state index < -0.39 is 0 Å². The van der Waals surface area contributed by atoms with E-state index in [4.69, 9.17) is 4.74 Å². The number of methoxy groups -OCH3 is 1. The molecule has 0 amide bonds. The number of thioether (sulfide) groups is 1. The molecule has 2 heteroatoms. The first-order chi connectivity index (χ1) is 7.07. The van der Waals surface area contributed by atoms with Crippen LogP contribution in [0.25, 0.3) is 0 Å². The van der Waals surface area contributed by atoms with Crippen molar-refractivity contribution < 1.29 is 4.74 Å². The number of benzene rings is 1. The van der Waals surface area contributed by atoms with Crippen LogP contribution in [0.5, 0.6) is 5.75 Å². The molecule has 1 aliphatic heterocycles. The Morgan fingerprint density at radius 1 is 1.27 bits per heavy atom. The summed E-state index contributed by atoms with van der Waals surface area (Å²) in [6.45, 7) is 6.64. The highest BCUT2D eigenvalue weighted by Gasteiger charge is 2.35. The highest BCUT2D eigenvalue weighted by molar-refractivity contribution is 8.01. The van der Waals surface area contributed by atoms with Crippen LogP contribution in [-0.4, -0.2) is 12.9 Å². The van der Waals surface area contributed by atoms with E-state index in [-0.39, 0.29) is 0 Å². The van der Waals surface area contributed by atoms with E-state index in [2.05, 4.69) is 44.7 Å². The van der Waals surface area contributed by atoms with Gasteiger partial charge in [-0.2, -0.15) is 11.8 Å². The number of hydrogen-bond donors (Lipinski definition) is 0. The Kier molecular flexibility index (Phi) is 2.72. The van der Waals surface area contributed by atoms with Crippen molar-refractivity contribution in [2.24, 2.45) is 0 Å². The number of ether oxygens (including phenoxy) is 1. The molecule has 1 atom stereocenters. The van der Waals surface area contributed by atoms with Crippen LogP contribution in [0.2, 0.25) is 0 Å². The molecule has 1 aliphatic rings. The van der Waals surface area contributed by atoms with E-state index in [1.807, 2.05) is 0 Å². The minimum absolute atomic E-state index is 0.348. The smallest absolute Gasteiger partial charge is 0.122 e. The number of aryl methyl sites for hydroxylation is 2. The van der Waals surface area contributed by atoms with Gasteiger partial charge in [-0.3, -0.25) is 0 Å². The van der Waals surface area contributed by atoms with E-state index in [1.54, 1.807) is 7.11 Å². The molecule has 1 nitrogen and oxygen atoms in total. The molecule has 82 valence electrons. The van der Waals surface area contributed by atoms with Crippen molar-refractivity contribution in [1.82, 2.24) is 0 Å². The molecule has 1 aromatic carbocycles. The fourth-order valence-electron chi connectivity index (χ4n) is 2.20. The van der Waals surface area contributed by atoms with Gasteiger partial charge in [-0.25, -0.2) is 0 Å². The molecule has 1 fully saturated rings. The van der Waals surface area contributed by atoms with Crippen LogP contribution in [0.15, 0.2) is 12.1 Å². The summed E-state index contributed by atoms with van der Waals surface area (Å²) in [4.78, 5) is 0. The summed E-state index contributed by atoms with van der Waals surface area (Å²) in [5.74, 6) is 2.30. The Balaban J connectivity index is 2.45. The molecule has 0 bridgehead atoms. The molecule has 0 N–H and O–H groups in total. The second-order valence-electron chi connectivity index (χ2n) is 4.47. The summed E-state index contributed by atoms with van der Waals surface area (Å²) in [5.41, 5.74) is 4.08. The van der Waals surface area contributed by atoms with Crippen molar-refractivity contribution in [3.63, 3.8) is 0 Å². The van der Waals surface area contributed by atoms with Gasteiger partial charge >= 0.3 is 0 Å². The molecule has 1 saturated heterocycles. The average molecular weight is 222 g/mol. The van der Waals surface area contributed by atoms with E-state index in [0.29, 0.717) is 4.75 Å². The Hall–Kier alpha value is -0.630. The first-order valence-corrected chi connectivity index (χ1v) is 6.35. The van der Waals surface area contributed by atoms with Gasteiger partial charge in [0.2, 0.25) is 0 Å². The molecule has 0 spiro atoms. The van der Waals surface area contributed by atoms with Crippen molar-refractivity contribution in [1.29, 1.82) is 0 Å². The van der Waals surface area contributed by atoms with Gasteiger partial charge < -0.3 is 4.74 Å². The van der Waals surface area contributed by atoms with Gasteiger partial charge in [0.15, 0.2) is 0 Å². The minimum atomic E-state index is 0.348. The van der Waals surface area contributed by atoms with E-state index in [0.717, 1.165) is 5.75 Å². The maximum absolute atomic E-state index is 5.34. The Morgan fingerprint density at radius 3 is 2.40 bits per heavy atom. The molecule has 1 unspecified atom stereocenters. The fraction of sp³-hybridized carbons (Fsp3) is 0.538. The first kappa shape index (κ1) is 10.9. The lowest BCUT2D eigenvalue weighted by atomic mass is 9.90. The monoisotopic (exact) mass is 222 g/mol. The van der Waals surface area contributed by atoms with Crippen molar-refractivity contribution >= 4 is 11.8 Å². The molecule has 2 rings (SSSR count). The van der Waals surface area contributed by atoms with E-state index in [9.17, 15) is 0 Å². The summed E-state index contributed by atoms with van der Waals surface area (Å²) in [7, 11) is 1.74.